The molecule has 20 heavy (non-hydrogen) atoms. The topological polar surface area (TPSA) is 52.6 Å². The van der Waals surface area contributed by atoms with Crippen LogP contribution in [0.15, 0.2) is 12.1 Å². The molecule has 1 fully saturated rings. The van der Waals surface area contributed by atoms with Gasteiger partial charge >= 0.3 is 5.97 Å². The Labute approximate surface area is 116 Å². The first-order valence-corrected chi connectivity index (χ1v) is 6.64. The normalized spacial score (nSPS) is 19.1. The molecule has 6 heteroatoms. The third-order valence-electron chi connectivity index (χ3n) is 3.59. The number of hydrogen-bond donors (Lipinski definition) is 2. The molecule has 0 saturated carbocycles. The summed E-state index contributed by atoms with van der Waals surface area (Å²) < 4.78 is 28.0. The molecular weight excluding hydrogens is 266 g/mol. The van der Waals surface area contributed by atoms with Crippen LogP contribution in [-0.4, -0.2) is 37.8 Å². The highest BCUT2D eigenvalue weighted by Gasteiger charge is 2.25. The van der Waals surface area contributed by atoms with Crippen molar-refractivity contribution in [3.05, 3.63) is 29.3 Å². The van der Waals surface area contributed by atoms with Crippen molar-refractivity contribution in [1.29, 1.82) is 0 Å². The number of anilines is 1. The lowest BCUT2D eigenvalue weighted by molar-refractivity contribution is 0.0695. The summed E-state index contributed by atoms with van der Waals surface area (Å²) in [5.74, 6) is -2.62. The Bertz CT molecular complexity index is 483. The molecule has 0 radical (unpaired) electrons. The molecule has 1 aromatic rings. The molecule has 1 unspecified atom stereocenters. The summed E-state index contributed by atoms with van der Waals surface area (Å²) in [5, 5.41) is 11.9. The Morgan fingerprint density at radius 3 is 2.65 bits per heavy atom. The molecule has 110 valence electrons. The van der Waals surface area contributed by atoms with Gasteiger partial charge in [0.25, 0.3) is 0 Å². The zero-order chi connectivity index (χ0) is 14.7. The SMILES string of the molecule is CNCC1CCCN(c2c(F)cc(C(=O)O)cc2F)C1. The number of carbonyl (C=O) groups is 1. The third kappa shape index (κ3) is 3.07. The van der Waals surface area contributed by atoms with Crippen molar-refractivity contribution in [2.45, 2.75) is 12.8 Å². The first-order chi connectivity index (χ1) is 9.52. The molecule has 1 heterocycles. The minimum atomic E-state index is -1.33. The number of halogens is 2. The van der Waals surface area contributed by atoms with E-state index in [1.807, 2.05) is 7.05 Å². The van der Waals surface area contributed by atoms with Gasteiger partial charge in [-0.2, -0.15) is 0 Å². The van der Waals surface area contributed by atoms with Crippen LogP contribution >= 0.6 is 0 Å². The molecule has 2 N–H and O–H groups in total. The molecule has 2 rings (SSSR count). The molecule has 1 aromatic carbocycles. The Hall–Kier alpha value is -1.69. The third-order valence-corrected chi connectivity index (χ3v) is 3.59. The molecule has 0 aliphatic carbocycles. The monoisotopic (exact) mass is 284 g/mol. The second kappa shape index (κ2) is 6.17. The van der Waals surface area contributed by atoms with Crippen LogP contribution in [-0.2, 0) is 0 Å². The van der Waals surface area contributed by atoms with Gasteiger partial charge in [0.05, 0.1) is 5.56 Å². The summed E-state index contributed by atoms with van der Waals surface area (Å²) in [6.45, 7) is 1.95. The number of piperidine rings is 1. The molecular formula is C14H18F2N2O2. The maximum absolute atomic E-state index is 14.0. The second-order valence-electron chi connectivity index (χ2n) is 5.11. The maximum Gasteiger partial charge on any atom is 0.335 e. The number of nitrogens with one attached hydrogen (secondary N) is 1. The predicted molar refractivity (Wildman–Crippen MR) is 72.2 cm³/mol. The van der Waals surface area contributed by atoms with Gasteiger partial charge in [0.1, 0.15) is 17.3 Å². The number of aromatic carboxylic acids is 1. The van der Waals surface area contributed by atoms with Gasteiger partial charge in [-0.05, 0) is 44.5 Å². The zero-order valence-corrected chi connectivity index (χ0v) is 11.3. The number of hydrogen-bond acceptors (Lipinski definition) is 3. The summed E-state index contributed by atoms with van der Waals surface area (Å²) in [5.41, 5.74) is -0.483. The van der Waals surface area contributed by atoms with Crippen LogP contribution in [0.25, 0.3) is 0 Å². The summed E-state index contributed by atoms with van der Waals surface area (Å²) >= 11 is 0. The lowest BCUT2D eigenvalue weighted by Crippen LogP contribution is -2.40. The van der Waals surface area contributed by atoms with Gasteiger partial charge in [0.15, 0.2) is 0 Å². The zero-order valence-electron chi connectivity index (χ0n) is 11.3. The summed E-state index contributed by atoms with van der Waals surface area (Å²) in [7, 11) is 1.85. The average Bonchev–Trinajstić information content (AvgIpc) is 2.38. The smallest absolute Gasteiger partial charge is 0.335 e. The van der Waals surface area contributed by atoms with Crippen LogP contribution in [0.5, 0.6) is 0 Å². The van der Waals surface area contributed by atoms with Gasteiger partial charge in [0, 0.05) is 13.1 Å². The van der Waals surface area contributed by atoms with Crippen molar-refractivity contribution in [3.8, 4) is 0 Å². The largest absolute Gasteiger partial charge is 0.478 e. The van der Waals surface area contributed by atoms with Gasteiger partial charge in [-0.15, -0.1) is 0 Å². The summed E-state index contributed by atoms with van der Waals surface area (Å²) in [6, 6.07) is 1.75. The number of carboxylic acids is 1. The Morgan fingerprint density at radius 1 is 1.45 bits per heavy atom. The number of nitrogens with zero attached hydrogens (tertiary/aromatic N) is 1. The van der Waals surface area contributed by atoms with E-state index in [0.717, 1.165) is 31.5 Å². The highest BCUT2D eigenvalue weighted by atomic mass is 19.1. The van der Waals surface area contributed by atoms with Gasteiger partial charge < -0.3 is 15.3 Å². The minimum absolute atomic E-state index is 0.115. The first kappa shape index (κ1) is 14.7. The van der Waals surface area contributed by atoms with Crippen molar-refractivity contribution < 1.29 is 18.7 Å². The fraction of sp³-hybridized carbons (Fsp3) is 0.500. The van der Waals surface area contributed by atoms with E-state index < -0.39 is 17.6 Å². The van der Waals surface area contributed by atoms with E-state index in [-0.39, 0.29) is 11.3 Å². The molecule has 0 spiro atoms. The number of carboxylic acid groups (broad SMARTS) is 1. The quantitative estimate of drug-likeness (QED) is 0.889. The maximum atomic E-state index is 14.0. The Balaban J connectivity index is 2.26. The Morgan fingerprint density at radius 2 is 2.10 bits per heavy atom. The standard InChI is InChI=1S/C14H18F2N2O2/c1-17-7-9-3-2-4-18(8-9)13-11(15)5-10(14(19)20)6-12(13)16/h5-6,9,17H,2-4,7-8H2,1H3,(H,19,20). The van der Waals surface area contributed by atoms with Crippen LogP contribution in [0.2, 0.25) is 0 Å². The van der Waals surface area contributed by atoms with Crippen molar-refractivity contribution in [2.75, 3.05) is 31.6 Å². The molecule has 0 aromatic heterocycles. The van der Waals surface area contributed by atoms with Crippen LogP contribution in [0, 0.1) is 17.6 Å². The predicted octanol–water partition coefficient (Wildman–Crippen LogP) is 2.10. The first-order valence-electron chi connectivity index (χ1n) is 6.64. The van der Waals surface area contributed by atoms with E-state index >= 15 is 0 Å². The molecule has 1 aliphatic rings. The molecule has 1 atom stereocenters. The van der Waals surface area contributed by atoms with E-state index in [9.17, 15) is 13.6 Å². The van der Waals surface area contributed by atoms with Crippen molar-refractivity contribution >= 4 is 11.7 Å². The van der Waals surface area contributed by atoms with E-state index in [4.69, 9.17) is 5.11 Å². The van der Waals surface area contributed by atoms with Crippen LogP contribution in [0.4, 0.5) is 14.5 Å². The Kier molecular flexibility index (Phi) is 4.54. The van der Waals surface area contributed by atoms with E-state index in [2.05, 4.69) is 5.32 Å². The molecule has 4 nitrogen and oxygen atoms in total. The number of rotatable bonds is 4. The second-order valence-corrected chi connectivity index (χ2v) is 5.11. The summed E-state index contributed by atoms with van der Waals surface area (Å²) in [6.07, 6.45) is 1.89. The van der Waals surface area contributed by atoms with Gasteiger partial charge in [-0.1, -0.05) is 0 Å². The fourth-order valence-corrected chi connectivity index (χ4v) is 2.71. The lowest BCUT2D eigenvalue weighted by atomic mass is 9.97. The van der Waals surface area contributed by atoms with Crippen molar-refractivity contribution in [1.82, 2.24) is 5.32 Å². The summed E-state index contributed by atoms with van der Waals surface area (Å²) in [4.78, 5) is 12.4. The van der Waals surface area contributed by atoms with E-state index in [0.29, 0.717) is 19.0 Å². The van der Waals surface area contributed by atoms with Crippen LogP contribution < -0.4 is 10.2 Å². The van der Waals surface area contributed by atoms with Gasteiger partial charge in [0.2, 0.25) is 0 Å². The average molecular weight is 284 g/mol. The fourth-order valence-electron chi connectivity index (χ4n) is 2.71. The molecule has 0 amide bonds. The van der Waals surface area contributed by atoms with Gasteiger partial charge in [-0.25, -0.2) is 13.6 Å². The highest BCUT2D eigenvalue weighted by molar-refractivity contribution is 5.88. The van der Waals surface area contributed by atoms with Crippen LogP contribution in [0.3, 0.4) is 0 Å². The van der Waals surface area contributed by atoms with Crippen molar-refractivity contribution in [3.63, 3.8) is 0 Å². The van der Waals surface area contributed by atoms with Gasteiger partial charge in [-0.3, -0.25) is 0 Å². The minimum Gasteiger partial charge on any atom is -0.478 e. The molecule has 0 bridgehead atoms. The molecule has 1 saturated heterocycles. The highest BCUT2D eigenvalue weighted by Crippen LogP contribution is 2.29. The van der Waals surface area contributed by atoms with E-state index in [1.54, 1.807) is 4.90 Å². The van der Waals surface area contributed by atoms with Crippen molar-refractivity contribution in [2.24, 2.45) is 5.92 Å². The van der Waals surface area contributed by atoms with E-state index in [1.165, 1.54) is 0 Å². The van der Waals surface area contributed by atoms with Crippen LogP contribution in [0.1, 0.15) is 23.2 Å². The molecule has 1 aliphatic heterocycles. The lowest BCUT2D eigenvalue weighted by Gasteiger charge is -2.34. The number of benzene rings is 1.